The number of nitriles is 1. The molecule has 0 amide bonds. The molecule has 0 N–H and O–H groups in total. The van der Waals surface area contributed by atoms with E-state index in [1.54, 1.807) is 23.1 Å². The molecule has 0 spiro atoms. The monoisotopic (exact) mass is 228 g/mol. The first kappa shape index (κ1) is 11.3. The number of nitrogens with zero attached hydrogens (tertiary/aromatic N) is 2. The van der Waals surface area contributed by atoms with E-state index in [0.717, 1.165) is 5.56 Å². The SMILES string of the molecule is CN(C)C(C#N)c1cc(Cl)ccc1Cl. The van der Waals surface area contributed by atoms with E-state index < -0.39 is 0 Å². The third-order valence-electron chi connectivity index (χ3n) is 1.89. The normalized spacial score (nSPS) is 12.6. The summed E-state index contributed by atoms with van der Waals surface area (Å²) < 4.78 is 0. The summed E-state index contributed by atoms with van der Waals surface area (Å²) in [5.74, 6) is 0. The molecule has 1 aromatic rings. The molecule has 0 radical (unpaired) electrons. The van der Waals surface area contributed by atoms with E-state index >= 15 is 0 Å². The van der Waals surface area contributed by atoms with Crippen LogP contribution in [0.25, 0.3) is 0 Å². The highest BCUT2D eigenvalue weighted by molar-refractivity contribution is 6.33. The highest BCUT2D eigenvalue weighted by Gasteiger charge is 2.16. The fourth-order valence-electron chi connectivity index (χ4n) is 1.19. The van der Waals surface area contributed by atoms with E-state index in [-0.39, 0.29) is 6.04 Å². The maximum Gasteiger partial charge on any atom is 0.124 e. The van der Waals surface area contributed by atoms with Crippen molar-refractivity contribution in [3.05, 3.63) is 33.8 Å². The van der Waals surface area contributed by atoms with E-state index in [4.69, 9.17) is 28.5 Å². The Morgan fingerprint density at radius 2 is 2.00 bits per heavy atom. The van der Waals surface area contributed by atoms with Gasteiger partial charge in [-0.15, -0.1) is 0 Å². The second-order valence-electron chi connectivity index (χ2n) is 3.16. The molecule has 1 unspecified atom stereocenters. The minimum absolute atomic E-state index is 0.360. The summed E-state index contributed by atoms with van der Waals surface area (Å²) in [4.78, 5) is 1.79. The average molecular weight is 229 g/mol. The Labute approximate surface area is 93.7 Å². The lowest BCUT2D eigenvalue weighted by molar-refractivity contribution is 0.358. The van der Waals surface area contributed by atoms with Crippen molar-refractivity contribution in [2.75, 3.05) is 14.1 Å². The van der Waals surface area contributed by atoms with Gasteiger partial charge in [-0.05, 0) is 32.3 Å². The molecular weight excluding hydrogens is 219 g/mol. The molecule has 0 aliphatic rings. The Kier molecular flexibility index (Phi) is 3.77. The second-order valence-corrected chi connectivity index (χ2v) is 4.00. The van der Waals surface area contributed by atoms with E-state index in [1.807, 2.05) is 14.1 Å². The zero-order chi connectivity index (χ0) is 10.7. The molecule has 14 heavy (non-hydrogen) atoms. The zero-order valence-corrected chi connectivity index (χ0v) is 9.47. The van der Waals surface area contributed by atoms with Gasteiger partial charge in [-0.25, -0.2) is 0 Å². The largest absolute Gasteiger partial charge is 0.290 e. The van der Waals surface area contributed by atoms with Gasteiger partial charge in [0.2, 0.25) is 0 Å². The quantitative estimate of drug-likeness (QED) is 0.778. The number of hydrogen-bond acceptors (Lipinski definition) is 2. The van der Waals surface area contributed by atoms with Crippen molar-refractivity contribution < 1.29 is 0 Å². The van der Waals surface area contributed by atoms with Crippen molar-refractivity contribution in [2.45, 2.75) is 6.04 Å². The molecule has 0 aliphatic heterocycles. The summed E-state index contributed by atoms with van der Waals surface area (Å²) in [6.45, 7) is 0. The highest BCUT2D eigenvalue weighted by atomic mass is 35.5. The van der Waals surface area contributed by atoms with Gasteiger partial charge in [0.05, 0.1) is 6.07 Å². The molecule has 2 nitrogen and oxygen atoms in total. The van der Waals surface area contributed by atoms with Crippen LogP contribution in [-0.2, 0) is 0 Å². The standard InChI is InChI=1S/C10H10Cl2N2/c1-14(2)10(6-13)8-5-7(11)3-4-9(8)12/h3-5,10H,1-2H3. The maximum atomic E-state index is 8.97. The van der Waals surface area contributed by atoms with Gasteiger partial charge in [-0.3, -0.25) is 4.90 Å². The van der Waals surface area contributed by atoms with E-state index in [2.05, 4.69) is 6.07 Å². The molecule has 1 aromatic carbocycles. The van der Waals surface area contributed by atoms with Gasteiger partial charge < -0.3 is 0 Å². The van der Waals surface area contributed by atoms with E-state index in [9.17, 15) is 0 Å². The van der Waals surface area contributed by atoms with Gasteiger partial charge >= 0.3 is 0 Å². The van der Waals surface area contributed by atoms with Crippen molar-refractivity contribution in [3.8, 4) is 6.07 Å². The lowest BCUT2D eigenvalue weighted by Gasteiger charge is -2.18. The molecule has 0 bridgehead atoms. The number of hydrogen-bond donors (Lipinski definition) is 0. The predicted molar refractivity (Wildman–Crippen MR) is 58.5 cm³/mol. The van der Waals surface area contributed by atoms with Gasteiger partial charge in [0.1, 0.15) is 6.04 Å². The van der Waals surface area contributed by atoms with Gasteiger partial charge in [0.15, 0.2) is 0 Å². The Bertz CT molecular complexity index is 369. The summed E-state index contributed by atoms with van der Waals surface area (Å²) in [6.07, 6.45) is 0. The molecular formula is C10H10Cl2N2. The smallest absolute Gasteiger partial charge is 0.124 e. The lowest BCUT2D eigenvalue weighted by atomic mass is 10.1. The summed E-state index contributed by atoms with van der Waals surface area (Å²) in [5, 5.41) is 10.1. The molecule has 0 heterocycles. The summed E-state index contributed by atoms with van der Waals surface area (Å²) in [5.41, 5.74) is 0.742. The lowest BCUT2D eigenvalue weighted by Crippen LogP contribution is -2.18. The number of rotatable bonds is 2. The molecule has 0 aliphatic carbocycles. The Morgan fingerprint density at radius 1 is 1.36 bits per heavy atom. The predicted octanol–water partition coefficient (Wildman–Crippen LogP) is 3.12. The van der Waals surface area contributed by atoms with Crippen LogP contribution in [0.3, 0.4) is 0 Å². The third kappa shape index (κ3) is 2.39. The molecule has 1 atom stereocenters. The molecule has 0 fully saturated rings. The first-order valence-electron chi connectivity index (χ1n) is 4.07. The van der Waals surface area contributed by atoms with Crippen molar-refractivity contribution in [1.29, 1.82) is 5.26 Å². The minimum atomic E-state index is -0.360. The van der Waals surface area contributed by atoms with E-state index in [0.29, 0.717) is 10.0 Å². The van der Waals surface area contributed by atoms with Crippen LogP contribution in [0.2, 0.25) is 10.0 Å². The van der Waals surface area contributed by atoms with Gasteiger partial charge in [-0.1, -0.05) is 23.2 Å². The first-order chi connectivity index (χ1) is 6.56. The average Bonchev–Trinajstić information content (AvgIpc) is 2.11. The molecule has 4 heteroatoms. The van der Waals surface area contributed by atoms with Crippen LogP contribution in [0.4, 0.5) is 0 Å². The van der Waals surface area contributed by atoms with Gasteiger partial charge in [0, 0.05) is 15.6 Å². The van der Waals surface area contributed by atoms with E-state index in [1.165, 1.54) is 0 Å². The van der Waals surface area contributed by atoms with Crippen molar-refractivity contribution in [1.82, 2.24) is 4.90 Å². The second kappa shape index (κ2) is 4.65. The molecule has 0 saturated carbocycles. The summed E-state index contributed by atoms with van der Waals surface area (Å²) in [6, 6.07) is 6.94. The van der Waals surface area contributed by atoms with Crippen LogP contribution in [-0.4, -0.2) is 19.0 Å². The van der Waals surface area contributed by atoms with Crippen LogP contribution in [0.5, 0.6) is 0 Å². The summed E-state index contributed by atoms with van der Waals surface area (Å²) in [7, 11) is 3.65. The molecule has 74 valence electrons. The molecule has 0 saturated heterocycles. The van der Waals surface area contributed by atoms with Crippen molar-refractivity contribution in [2.24, 2.45) is 0 Å². The van der Waals surface area contributed by atoms with Crippen molar-refractivity contribution >= 4 is 23.2 Å². The van der Waals surface area contributed by atoms with Gasteiger partial charge in [0.25, 0.3) is 0 Å². The topological polar surface area (TPSA) is 27.0 Å². The first-order valence-corrected chi connectivity index (χ1v) is 4.83. The molecule has 0 aromatic heterocycles. The number of benzene rings is 1. The van der Waals surface area contributed by atoms with Crippen LogP contribution in [0.1, 0.15) is 11.6 Å². The van der Waals surface area contributed by atoms with Gasteiger partial charge in [-0.2, -0.15) is 5.26 Å². The summed E-state index contributed by atoms with van der Waals surface area (Å²) >= 11 is 11.8. The maximum absolute atomic E-state index is 8.97. The van der Waals surface area contributed by atoms with Crippen LogP contribution < -0.4 is 0 Å². The highest BCUT2D eigenvalue weighted by Crippen LogP contribution is 2.28. The zero-order valence-electron chi connectivity index (χ0n) is 7.96. The third-order valence-corrected chi connectivity index (χ3v) is 2.47. The Morgan fingerprint density at radius 3 is 2.50 bits per heavy atom. The van der Waals surface area contributed by atoms with Crippen molar-refractivity contribution in [3.63, 3.8) is 0 Å². The van der Waals surface area contributed by atoms with Crippen LogP contribution in [0, 0.1) is 11.3 Å². The Hall–Kier alpha value is -0.750. The Balaban J connectivity index is 3.17. The van der Waals surface area contributed by atoms with Crippen LogP contribution >= 0.6 is 23.2 Å². The fraction of sp³-hybridized carbons (Fsp3) is 0.300. The molecule has 1 rings (SSSR count). The van der Waals surface area contributed by atoms with Crippen LogP contribution in [0.15, 0.2) is 18.2 Å². The fourth-order valence-corrected chi connectivity index (χ4v) is 1.59. The number of halogens is 2. The minimum Gasteiger partial charge on any atom is -0.290 e.